The van der Waals surface area contributed by atoms with Gasteiger partial charge in [0.2, 0.25) is 36.9 Å². The van der Waals surface area contributed by atoms with E-state index >= 15 is 0 Å². The average Bonchev–Trinajstić information content (AvgIpc) is 3.28. The van der Waals surface area contributed by atoms with Gasteiger partial charge in [-0.05, 0) is 84.5 Å². The number of methoxy groups -OCH3 is 1. The Bertz CT molecular complexity index is 3600. The average molecular weight is 1300 g/mol. The van der Waals surface area contributed by atoms with Gasteiger partial charge in [0.15, 0.2) is 23.3 Å². The summed E-state index contributed by atoms with van der Waals surface area (Å²) < 4.78 is 157. The van der Waals surface area contributed by atoms with Gasteiger partial charge >= 0.3 is 18.5 Å². The molecule has 6 N–H and O–H groups in total. The molecule has 5 heterocycles. The number of aldehydes is 1. The summed E-state index contributed by atoms with van der Waals surface area (Å²) in [6.07, 6.45) is -3.13. The van der Waals surface area contributed by atoms with Gasteiger partial charge in [-0.25, -0.2) is 28.7 Å². The molecule has 0 aliphatic heterocycles. The van der Waals surface area contributed by atoms with Crippen molar-refractivity contribution in [3.05, 3.63) is 199 Å². The second-order valence-electron chi connectivity index (χ2n) is 19.1. The van der Waals surface area contributed by atoms with Crippen LogP contribution in [0.2, 0.25) is 0 Å². The first-order valence-corrected chi connectivity index (χ1v) is 26.8. The van der Waals surface area contributed by atoms with Crippen LogP contribution in [0.25, 0.3) is 57.1 Å². The van der Waals surface area contributed by atoms with E-state index in [0.29, 0.717) is 58.9 Å². The summed E-state index contributed by atoms with van der Waals surface area (Å²) in [5, 5.41) is 27.6. The predicted molar refractivity (Wildman–Crippen MR) is 313 cm³/mol. The third-order valence-corrected chi connectivity index (χ3v) is 12.5. The van der Waals surface area contributed by atoms with Gasteiger partial charge in [-0.3, -0.25) is 4.79 Å². The molecule has 5 aromatic heterocycles. The molecule has 0 amide bonds. The van der Waals surface area contributed by atoms with E-state index < -0.39 is 48.2 Å². The number of carbonyl (C=O) groups is 1. The molecule has 19 nitrogen and oxygen atoms in total. The maximum atomic E-state index is 13.5. The molecule has 10 rings (SSSR count). The van der Waals surface area contributed by atoms with E-state index in [4.69, 9.17) is 29.5 Å². The van der Waals surface area contributed by atoms with Crippen LogP contribution in [0.15, 0.2) is 179 Å². The zero-order valence-electron chi connectivity index (χ0n) is 48.1. The van der Waals surface area contributed by atoms with Crippen molar-refractivity contribution >= 4 is 18.7 Å². The lowest BCUT2D eigenvalue weighted by atomic mass is 10.0. The van der Waals surface area contributed by atoms with Crippen LogP contribution in [0.1, 0.15) is 46.8 Å². The molecule has 31 heteroatoms. The minimum Gasteiger partial charge on any atom is -0.497 e. The van der Waals surface area contributed by atoms with Crippen LogP contribution in [0.5, 0.6) is 5.75 Å². The van der Waals surface area contributed by atoms with E-state index in [1.54, 1.807) is 92.0 Å². The number of hydrogen-bond acceptors (Lipinski definition) is 19. The zero-order chi connectivity index (χ0) is 65.1. The van der Waals surface area contributed by atoms with Crippen molar-refractivity contribution in [1.82, 2.24) is 61.2 Å². The molecule has 3 atom stereocenters. The molecule has 0 aliphatic rings. The van der Waals surface area contributed by atoms with Gasteiger partial charge < -0.3 is 40.1 Å². The summed E-state index contributed by atoms with van der Waals surface area (Å²) in [5.41, 5.74) is 16.6. The summed E-state index contributed by atoms with van der Waals surface area (Å²) in [5.74, 6) is 0.501. The number of halogens is 12. The number of aryl methyl sites for hydroxylation is 1. The van der Waals surface area contributed by atoms with Crippen molar-refractivity contribution in [2.45, 2.75) is 69.9 Å². The van der Waals surface area contributed by atoms with Gasteiger partial charge in [0.25, 0.3) is 0 Å². The van der Waals surface area contributed by atoms with Crippen LogP contribution in [-0.4, -0.2) is 108 Å². The topological polar surface area (TPSA) is 271 Å². The predicted octanol–water partition coefficient (Wildman–Crippen LogP) is 12.5. The number of nitrogens with zero attached hydrogens (tertiary/aromatic N) is 10. The Morgan fingerprint density at radius 1 is 0.549 bits per heavy atom. The van der Waals surface area contributed by atoms with E-state index in [1.165, 1.54) is 19.2 Å². The highest BCUT2D eigenvalue weighted by molar-refractivity contribution is 5.85. The normalized spacial score (nSPS) is 12.1. The molecule has 0 unspecified atom stereocenters. The molecule has 0 bridgehead atoms. The molecule has 5 aromatic carbocycles. The lowest BCUT2D eigenvalue weighted by Gasteiger charge is -2.22. The van der Waals surface area contributed by atoms with Crippen LogP contribution < -0.4 is 26.8 Å². The van der Waals surface area contributed by atoms with Gasteiger partial charge in [-0.2, -0.15) is 39.5 Å². The highest BCUT2D eigenvalue weighted by atomic mass is 35.5. The number of benzene rings is 5. The summed E-state index contributed by atoms with van der Waals surface area (Å²) in [6, 6.07) is 31.8. The Morgan fingerprint density at radius 3 is 1.30 bits per heavy atom. The Hall–Kier alpha value is -9.49. The maximum absolute atomic E-state index is 13.5. The maximum Gasteiger partial charge on any atom is 0.405 e. The highest BCUT2D eigenvalue weighted by Crippen LogP contribution is 2.27. The van der Waals surface area contributed by atoms with E-state index in [0.717, 1.165) is 77.1 Å². The molecule has 0 aliphatic carbocycles. The molecule has 0 radical (unpaired) electrons. The van der Waals surface area contributed by atoms with Crippen molar-refractivity contribution in [2.75, 3.05) is 20.2 Å². The van der Waals surface area contributed by atoms with Gasteiger partial charge in [0, 0.05) is 59.6 Å². The Morgan fingerprint density at radius 2 is 0.945 bits per heavy atom. The van der Waals surface area contributed by atoms with E-state index in [-0.39, 0.29) is 45.0 Å². The molecule has 0 saturated heterocycles. The Labute approximate surface area is 518 Å². The quantitative estimate of drug-likeness (QED) is 0.0433. The first kappa shape index (κ1) is 72.3. The van der Waals surface area contributed by atoms with Gasteiger partial charge in [0.1, 0.15) is 24.1 Å². The molecule has 10 aromatic rings. The van der Waals surface area contributed by atoms with Crippen molar-refractivity contribution in [3.8, 4) is 62.9 Å². The molecule has 0 fully saturated rings. The lowest BCUT2D eigenvalue weighted by molar-refractivity contribution is -0.166. The summed E-state index contributed by atoms with van der Waals surface area (Å²) >= 11 is 0. The van der Waals surface area contributed by atoms with E-state index in [2.05, 4.69) is 61.2 Å². The summed E-state index contributed by atoms with van der Waals surface area (Å²) in [4.78, 5) is 25.9. The van der Waals surface area contributed by atoms with E-state index in [9.17, 15) is 53.1 Å². The molecular formula is C60H58ClF11N14O5. The molecule has 0 spiro atoms. The summed E-state index contributed by atoms with van der Waals surface area (Å²) in [6.45, 7) is 0.722. The number of carbonyl (C=O) groups excluding carboxylic acids is 1. The number of rotatable bonds is 19. The number of aromatic nitrogens is 10. The minimum atomic E-state index is -4.42. The first-order chi connectivity index (χ1) is 43.0. The standard InChI is InChI=1S/C23H20F4N6O.C13H14F3N3O.C11H7FN2O.C9H8N2O2.C4H8F3N.ClH/c24-19-11-30-21(31-12-19)17-5-1-16(2-6-17)10-29-20(23(25,26)27)13-28-9-15-3-7-18(8-4-15)22-33-32-14-34-22;14-13(15,16)11(17)3-1-2-9-4-6-10(7-5-9)12-19-18-8-20-12;12-10-5-13-11(14-6-10)9-3-1-8(7-15)2-4-9;1-12-8-4-2-7(3-5-8)9-11-10-6-13-9;1-3(2-8)4(5,6)7;/h1-8,11-12,14,20,28-29H,9-10,13H2;4-8,11H,1-3,17H2;1-7H;2-6H,1H3;3H,2,8H2,1H3;1H/t20-;11-;;;3-;/m11..1./s1. The molecule has 482 valence electrons. The van der Waals surface area contributed by atoms with Crippen LogP contribution in [-0.2, 0) is 19.5 Å². The fourth-order valence-electron chi connectivity index (χ4n) is 7.34. The minimum absolute atomic E-state index is 0. The zero-order valence-corrected chi connectivity index (χ0v) is 48.9. The number of nitrogens with one attached hydrogen (secondary N) is 2. The Balaban J connectivity index is 0.000000225. The molecular weight excluding hydrogens is 1240 g/mol. The lowest BCUT2D eigenvalue weighted by Crippen LogP contribution is -2.48. The molecule has 0 saturated carbocycles. The number of hydrogen-bond donors (Lipinski definition) is 4. The van der Waals surface area contributed by atoms with Gasteiger partial charge in [0.05, 0.1) is 37.8 Å². The highest BCUT2D eigenvalue weighted by Gasteiger charge is 2.39. The third kappa shape index (κ3) is 24.4. The largest absolute Gasteiger partial charge is 0.497 e. The van der Waals surface area contributed by atoms with Gasteiger partial charge in [-0.1, -0.05) is 79.7 Å². The van der Waals surface area contributed by atoms with Gasteiger partial charge in [-0.15, -0.1) is 43.0 Å². The first-order valence-electron chi connectivity index (χ1n) is 26.8. The number of nitrogens with two attached hydrogens (primary N) is 2. The fraction of sp³-hybridized carbons (Fsp3) is 0.250. The van der Waals surface area contributed by atoms with Crippen LogP contribution in [0.4, 0.5) is 48.3 Å². The SMILES string of the molecule is COc1ccc(-c2nnco2)cc1.C[C@H](CN)C(F)(F)F.Cl.Fc1cnc(-c2ccc(CN[C@H](CNCc3ccc(-c4nnco4)cc3)C(F)(F)F)cc2)nc1.N[C@H](CCCc1ccc(-c2nnco2)cc1)C(F)(F)F.O=Cc1ccc(-c2ncc(F)cn2)cc1. The summed E-state index contributed by atoms with van der Waals surface area (Å²) in [7, 11) is 1.63. The Kier molecular flexibility index (Phi) is 28.3. The third-order valence-electron chi connectivity index (χ3n) is 12.5. The van der Waals surface area contributed by atoms with Crippen molar-refractivity contribution in [1.29, 1.82) is 0 Å². The second-order valence-corrected chi connectivity index (χ2v) is 19.1. The van der Waals surface area contributed by atoms with Crippen LogP contribution >= 0.6 is 12.4 Å². The van der Waals surface area contributed by atoms with Crippen molar-refractivity contribution in [3.63, 3.8) is 0 Å². The van der Waals surface area contributed by atoms with Crippen molar-refractivity contribution < 1.29 is 71.1 Å². The number of alkyl halides is 9. The monoisotopic (exact) mass is 1300 g/mol. The number of ether oxygens (including phenoxy) is 1. The van der Waals surface area contributed by atoms with E-state index in [1.807, 2.05) is 36.4 Å². The van der Waals surface area contributed by atoms with Crippen molar-refractivity contribution in [2.24, 2.45) is 17.4 Å². The van der Waals surface area contributed by atoms with Crippen LogP contribution in [0.3, 0.4) is 0 Å². The molecule has 91 heavy (non-hydrogen) atoms. The second kappa shape index (κ2) is 35.6. The smallest absolute Gasteiger partial charge is 0.405 e. The van der Waals surface area contributed by atoms with Crippen LogP contribution in [0, 0.1) is 17.6 Å². The fourth-order valence-corrected chi connectivity index (χ4v) is 7.34.